The van der Waals surface area contributed by atoms with Gasteiger partial charge in [0, 0.05) is 24.5 Å². The molecule has 1 aromatic rings. The molecule has 0 amide bonds. The molecule has 1 rings (SSSR count). The predicted molar refractivity (Wildman–Crippen MR) is 85.1 cm³/mol. The van der Waals surface area contributed by atoms with Crippen LogP contribution in [0.1, 0.15) is 37.3 Å². The number of hydrogen-bond donors (Lipinski definition) is 0. The molecule has 0 aliphatic carbocycles. The van der Waals surface area contributed by atoms with Crippen molar-refractivity contribution < 1.29 is 8.42 Å². The SMILES string of the molecule is CCCCCN(C)S(=O)(=O)c1cc(Cl)cc(CCl)c1C. The average Bonchev–Trinajstić information content (AvgIpc) is 2.40. The van der Waals surface area contributed by atoms with E-state index in [2.05, 4.69) is 6.92 Å². The third kappa shape index (κ3) is 4.10. The summed E-state index contributed by atoms with van der Waals surface area (Å²) in [6.45, 7) is 4.36. The Kier molecular flexibility index (Phi) is 6.79. The molecule has 0 bridgehead atoms. The second-order valence-corrected chi connectivity index (χ2v) is 7.57. The van der Waals surface area contributed by atoms with Crippen LogP contribution in [0.3, 0.4) is 0 Å². The highest BCUT2D eigenvalue weighted by Crippen LogP contribution is 2.27. The van der Waals surface area contributed by atoms with Crippen LogP contribution in [0.15, 0.2) is 17.0 Å². The first kappa shape index (κ1) is 17.8. The van der Waals surface area contributed by atoms with Crippen molar-refractivity contribution in [2.75, 3.05) is 13.6 Å². The number of hydrogen-bond acceptors (Lipinski definition) is 2. The van der Waals surface area contributed by atoms with Gasteiger partial charge in [-0.3, -0.25) is 0 Å². The standard InChI is InChI=1S/C14H21Cl2NO2S/c1-4-5-6-7-17(3)20(18,19)14-9-13(16)8-12(10-15)11(14)2/h8-9H,4-7,10H2,1-3H3. The van der Waals surface area contributed by atoms with Gasteiger partial charge >= 0.3 is 0 Å². The minimum Gasteiger partial charge on any atom is -0.207 e. The minimum absolute atomic E-state index is 0.245. The van der Waals surface area contributed by atoms with Gasteiger partial charge in [-0.1, -0.05) is 31.4 Å². The Hall–Kier alpha value is -0.290. The number of sulfonamides is 1. The van der Waals surface area contributed by atoms with Gasteiger partial charge in [0.2, 0.25) is 10.0 Å². The summed E-state index contributed by atoms with van der Waals surface area (Å²) in [6, 6.07) is 3.21. The molecule has 0 aromatic heterocycles. The van der Waals surface area contributed by atoms with Crippen molar-refractivity contribution in [2.45, 2.75) is 43.9 Å². The lowest BCUT2D eigenvalue weighted by Gasteiger charge is -2.19. The summed E-state index contributed by atoms with van der Waals surface area (Å²) in [5.41, 5.74) is 1.42. The van der Waals surface area contributed by atoms with Crippen molar-refractivity contribution in [2.24, 2.45) is 0 Å². The van der Waals surface area contributed by atoms with Gasteiger partial charge in [-0.15, -0.1) is 11.6 Å². The normalized spacial score (nSPS) is 12.1. The Labute approximate surface area is 131 Å². The maximum atomic E-state index is 12.6. The summed E-state index contributed by atoms with van der Waals surface area (Å²) < 4.78 is 26.6. The van der Waals surface area contributed by atoms with Crippen LogP contribution in [0.2, 0.25) is 5.02 Å². The van der Waals surface area contributed by atoms with Gasteiger partial charge in [0.1, 0.15) is 0 Å². The molecular formula is C14H21Cl2NO2S. The number of benzene rings is 1. The van der Waals surface area contributed by atoms with Gasteiger partial charge < -0.3 is 0 Å². The Balaban J connectivity index is 3.12. The first-order valence-corrected chi connectivity index (χ1v) is 9.01. The first-order chi connectivity index (χ1) is 9.34. The highest BCUT2D eigenvalue weighted by molar-refractivity contribution is 7.89. The van der Waals surface area contributed by atoms with Crippen LogP contribution in [0, 0.1) is 6.92 Å². The summed E-state index contributed by atoms with van der Waals surface area (Å²) in [6.07, 6.45) is 2.93. The Morgan fingerprint density at radius 3 is 2.45 bits per heavy atom. The quantitative estimate of drug-likeness (QED) is 0.552. The lowest BCUT2D eigenvalue weighted by atomic mass is 10.1. The lowest BCUT2D eigenvalue weighted by Crippen LogP contribution is -2.28. The fraction of sp³-hybridized carbons (Fsp3) is 0.571. The lowest BCUT2D eigenvalue weighted by molar-refractivity contribution is 0.454. The zero-order chi connectivity index (χ0) is 15.3. The number of halogens is 2. The zero-order valence-corrected chi connectivity index (χ0v) is 14.4. The molecule has 3 nitrogen and oxygen atoms in total. The van der Waals surface area contributed by atoms with E-state index in [1.54, 1.807) is 20.0 Å². The third-order valence-corrected chi connectivity index (χ3v) is 5.83. The maximum Gasteiger partial charge on any atom is 0.243 e. The maximum absolute atomic E-state index is 12.6. The number of alkyl halides is 1. The van der Waals surface area contributed by atoms with E-state index in [1.807, 2.05) is 0 Å². The summed E-state index contributed by atoms with van der Waals surface area (Å²) in [5.74, 6) is 0.245. The monoisotopic (exact) mass is 337 g/mol. The Morgan fingerprint density at radius 1 is 1.25 bits per heavy atom. The molecule has 0 saturated heterocycles. The van der Waals surface area contributed by atoms with Crippen molar-refractivity contribution >= 4 is 33.2 Å². The Bertz CT molecular complexity index is 559. The van der Waals surface area contributed by atoms with Crippen molar-refractivity contribution in [3.8, 4) is 0 Å². The number of rotatable bonds is 7. The van der Waals surface area contributed by atoms with Gasteiger partial charge in [0.25, 0.3) is 0 Å². The molecule has 0 fully saturated rings. The van der Waals surface area contributed by atoms with Crippen LogP contribution in [-0.4, -0.2) is 26.3 Å². The molecule has 0 N–H and O–H groups in total. The average molecular weight is 338 g/mol. The van der Waals surface area contributed by atoms with E-state index in [1.165, 1.54) is 10.4 Å². The molecule has 1 aromatic carbocycles. The van der Waals surface area contributed by atoms with Crippen LogP contribution in [0.5, 0.6) is 0 Å². The van der Waals surface area contributed by atoms with Crippen LogP contribution < -0.4 is 0 Å². The van der Waals surface area contributed by atoms with E-state index in [9.17, 15) is 8.42 Å². The molecule has 0 aliphatic rings. The minimum atomic E-state index is -3.51. The smallest absolute Gasteiger partial charge is 0.207 e. The molecule has 0 unspecified atom stereocenters. The molecule has 0 heterocycles. The Morgan fingerprint density at radius 2 is 1.90 bits per heavy atom. The summed E-state index contributed by atoms with van der Waals surface area (Å²) in [7, 11) is -1.91. The fourth-order valence-electron chi connectivity index (χ4n) is 1.99. The summed E-state index contributed by atoms with van der Waals surface area (Å²) in [5, 5.41) is 0.395. The van der Waals surface area contributed by atoms with Crippen molar-refractivity contribution in [1.82, 2.24) is 4.31 Å². The largest absolute Gasteiger partial charge is 0.243 e. The molecule has 6 heteroatoms. The zero-order valence-electron chi connectivity index (χ0n) is 12.1. The van der Waals surface area contributed by atoms with Gasteiger partial charge in [0.05, 0.1) is 4.90 Å². The highest BCUT2D eigenvalue weighted by Gasteiger charge is 2.24. The van der Waals surface area contributed by atoms with Crippen molar-refractivity contribution in [3.05, 3.63) is 28.3 Å². The van der Waals surface area contributed by atoms with E-state index in [0.717, 1.165) is 24.8 Å². The second-order valence-electron chi connectivity index (χ2n) is 4.86. The fourth-order valence-corrected chi connectivity index (χ4v) is 4.07. The van der Waals surface area contributed by atoms with E-state index < -0.39 is 10.0 Å². The van der Waals surface area contributed by atoms with E-state index in [0.29, 0.717) is 17.1 Å². The van der Waals surface area contributed by atoms with Gasteiger partial charge in [-0.05, 0) is 36.6 Å². The molecule has 20 heavy (non-hydrogen) atoms. The van der Waals surface area contributed by atoms with Crippen molar-refractivity contribution in [3.63, 3.8) is 0 Å². The number of nitrogens with zero attached hydrogens (tertiary/aromatic N) is 1. The topological polar surface area (TPSA) is 37.4 Å². The van der Waals surface area contributed by atoms with Gasteiger partial charge in [0.15, 0.2) is 0 Å². The summed E-state index contributed by atoms with van der Waals surface area (Å²) in [4.78, 5) is 0.250. The van der Waals surface area contributed by atoms with E-state index in [4.69, 9.17) is 23.2 Å². The number of unbranched alkanes of at least 4 members (excludes halogenated alkanes) is 2. The molecule has 0 atom stereocenters. The molecule has 0 aliphatic heterocycles. The molecule has 0 radical (unpaired) electrons. The van der Waals surface area contributed by atoms with Gasteiger partial charge in [-0.25, -0.2) is 12.7 Å². The summed E-state index contributed by atoms with van der Waals surface area (Å²) >= 11 is 11.8. The second kappa shape index (κ2) is 7.64. The van der Waals surface area contributed by atoms with Crippen molar-refractivity contribution in [1.29, 1.82) is 0 Å². The molecule has 0 spiro atoms. The molecule has 0 saturated carbocycles. The predicted octanol–water partition coefficient (Wildman–Crippen LogP) is 4.20. The molecule has 114 valence electrons. The van der Waals surface area contributed by atoms with Crippen LogP contribution in [0.4, 0.5) is 0 Å². The van der Waals surface area contributed by atoms with Gasteiger partial charge in [-0.2, -0.15) is 0 Å². The molecular weight excluding hydrogens is 317 g/mol. The van der Waals surface area contributed by atoms with Crippen LogP contribution in [0.25, 0.3) is 0 Å². The van der Waals surface area contributed by atoms with E-state index >= 15 is 0 Å². The van der Waals surface area contributed by atoms with Crippen LogP contribution >= 0.6 is 23.2 Å². The van der Waals surface area contributed by atoms with Crippen LogP contribution in [-0.2, 0) is 15.9 Å². The first-order valence-electron chi connectivity index (χ1n) is 6.66. The third-order valence-electron chi connectivity index (χ3n) is 3.34. The van der Waals surface area contributed by atoms with E-state index in [-0.39, 0.29) is 10.8 Å². The highest BCUT2D eigenvalue weighted by atomic mass is 35.5.